The van der Waals surface area contributed by atoms with E-state index in [1.807, 2.05) is 45.2 Å². The minimum atomic E-state index is -0.435. The third kappa shape index (κ3) is 4.66. The third-order valence-electron chi connectivity index (χ3n) is 4.92. The number of pyridine rings is 1. The topological polar surface area (TPSA) is 74.2 Å². The second-order valence-electron chi connectivity index (χ2n) is 8.03. The lowest BCUT2D eigenvalue weighted by atomic mass is 9.97. The fraction of sp³-hybridized carbons (Fsp3) is 0.455. The fourth-order valence-corrected chi connectivity index (χ4v) is 2.97. The van der Waals surface area contributed by atoms with Crippen molar-refractivity contribution in [2.45, 2.75) is 58.5 Å². The average molecular weight is 367 g/mol. The molecule has 1 aromatic carbocycles. The number of aliphatic hydroxyl groups excluding tert-OH is 1. The lowest BCUT2D eigenvalue weighted by Gasteiger charge is -2.26. The first kappa shape index (κ1) is 19.4. The van der Waals surface area contributed by atoms with Crippen LogP contribution in [-0.2, 0) is 6.42 Å². The Labute approximate surface area is 161 Å². The highest BCUT2D eigenvalue weighted by molar-refractivity contribution is 5.96. The van der Waals surface area contributed by atoms with E-state index in [2.05, 4.69) is 28.6 Å². The van der Waals surface area contributed by atoms with Gasteiger partial charge in [0.2, 0.25) is 0 Å². The summed E-state index contributed by atoms with van der Waals surface area (Å²) in [5.74, 6) is 0.783. The molecule has 5 nitrogen and oxygen atoms in total. The highest BCUT2D eigenvalue weighted by Crippen LogP contribution is 2.29. The van der Waals surface area contributed by atoms with E-state index in [9.17, 15) is 9.90 Å². The first-order valence-corrected chi connectivity index (χ1v) is 9.63. The molecule has 0 radical (unpaired) electrons. The molecule has 0 unspecified atom stereocenters. The Morgan fingerprint density at radius 1 is 1.30 bits per heavy atom. The lowest BCUT2D eigenvalue weighted by Crippen LogP contribution is -2.35. The molecule has 1 aromatic heterocycles. The van der Waals surface area contributed by atoms with Crippen LogP contribution in [0, 0.1) is 6.92 Å². The SMILES string of the molecule is CCc1cc(-c2cc(C(=O)NC3CC3)ccc2C)cnc1NC(C)(C)CO. The van der Waals surface area contributed by atoms with Crippen molar-refractivity contribution in [2.24, 2.45) is 0 Å². The number of benzene rings is 1. The fourth-order valence-electron chi connectivity index (χ4n) is 2.97. The van der Waals surface area contributed by atoms with Gasteiger partial charge in [-0.2, -0.15) is 0 Å². The average Bonchev–Trinajstić information content (AvgIpc) is 3.46. The molecular formula is C22H29N3O2. The minimum Gasteiger partial charge on any atom is -0.394 e. The van der Waals surface area contributed by atoms with E-state index in [-0.39, 0.29) is 12.5 Å². The molecule has 5 heteroatoms. The van der Waals surface area contributed by atoms with Gasteiger partial charge in [-0.05, 0) is 74.9 Å². The number of anilines is 1. The Balaban J connectivity index is 1.92. The Hall–Kier alpha value is -2.40. The normalized spacial score (nSPS) is 14.1. The molecule has 0 spiro atoms. The summed E-state index contributed by atoms with van der Waals surface area (Å²) in [6.07, 6.45) is 4.81. The molecule has 27 heavy (non-hydrogen) atoms. The van der Waals surface area contributed by atoms with Gasteiger partial charge in [0.1, 0.15) is 5.82 Å². The van der Waals surface area contributed by atoms with E-state index in [4.69, 9.17) is 0 Å². The minimum absolute atomic E-state index is 0.00888. The predicted octanol–water partition coefficient (Wildman–Crippen LogP) is 3.69. The van der Waals surface area contributed by atoms with Gasteiger partial charge >= 0.3 is 0 Å². The van der Waals surface area contributed by atoms with Crippen LogP contribution in [-0.4, -0.2) is 34.2 Å². The monoisotopic (exact) mass is 367 g/mol. The molecule has 144 valence electrons. The number of nitrogens with one attached hydrogen (secondary N) is 2. The summed E-state index contributed by atoms with van der Waals surface area (Å²) < 4.78 is 0. The molecule has 1 aliphatic carbocycles. The molecule has 1 saturated carbocycles. The van der Waals surface area contributed by atoms with Crippen molar-refractivity contribution in [3.63, 3.8) is 0 Å². The number of aromatic nitrogens is 1. The second kappa shape index (κ2) is 7.69. The van der Waals surface area contributed by atoms with E-state index in [0.717, 1.165) is 47.3 Å². The van der Waals surface area contributed by atoms with E-state index in [1.165, 1.54) is 0 Å². The van der Waals surface area contributed by atoms with Crippen molar-refractivity contribution in [2.75, 3.05) is 11.9 Å². The van der Waals surface area contributed by atoms with E-state index in [0.29, 0.717) is 11.6 Å². The summed E-state index contributed by atoms with van der Waals surface area (Å²) in [6.45, 7) is 8.04. The van der Waals surface area contributed by atoms with Crippen LogP contribution in [0.2, 0.25) is 0 Å². The van der Waals surface area contributed by atoms with Crippen LogP contribution >= 0.6 is 0 Å². The quantitative estimate of drug-likeness (QED) is 0.698. The van der Waals surface area contributed by atoms with Crippen LogP contribution in [0.5, 0.6) is 0 Å². The highest BCUT2D eigenvalue weighted by atomic mass is 16.3. The van der Waals surface area contributed by atoms with Crippen molar-refractivity contribution in [1.82, 2.24) is 10.3 Å². The lowest BCUT2D eigenvalue weighted by molar-refractivity contribution is 0.0951. The summed E-state index contributed by atoms with van der Waals surface area (Å²) in [5, 5.41) is 15.9. The van der Waals surface area contributed by atoms with Crippen LogP contribution in [0.3, 0.4) is 0 Å². The number of rotatable bonds is 7. The second-order valence-corrected chi connectivity index (χ2v) is 8.03. The van der Waals surface area contributed by atoms with E-state index in [1.54, 1.807) is 0 Å². The first-order chi connectivity index (χ1) is 12.8. The number of amides is 1. The molecule has 0 saturated heterocycles. The molecule has 1 amide bonds. The Morgan fingerprint density at radius 2 is 2.04 bits per heavy atom. The zero-order chi connectivity index (χ0) is 19.6. The number of nitrogens with zero attached hydrogens (tertiary/aromatic N) is 1. The summed E-state index contributed by atoms with van der Waals surface area (Å²) in [6, 6.07) is 8.28. The van der Waals surface area contributed by atoms with Gasteiger partial charge in [-0.25, -0.2) is 4.98 Å². The van der Waals surface area contributed by atoms with E-state index >= 15 is 0 Å². The summed E-state index contributed by atoms with van der Waals surface area (Å²) in [4.78, 5) is 17.0. The highest BCUT2D eigenvalue weighted by Gasteiger charge is 2.24. The van der Waals surface area contributed by atoms with Gasteiger partial charge in [-0.1, -0.05) is 13.0 Å². The van der Waals surface area contributed by atoms with Crippen molar-refractivity contribution in [3.8, 4) is 11.1 Å². The van der Waals surface area contributed by atoms with Gasteiger partial charge in [-0.3, -0.25) is 4.79 Å². The molecule has 2 aromatic rings. The maximum Gasteiger partial charge on any atom is 0.251 e. The number of hydrogen-bond acceptors (Lipinski definition) is 4. The number of aryl methyl sites for hydroxylation is 2. The molecule has 1 aliphatic rings. The Kier molecular flexibility index (Phi) is 5.51. The van der Waals surface area contributed by atoms with Crippen LogP contribution in [0.25, 0.3) is 11.1 Å². The maximum atomic E-state index is 12.4. The van der Waals surface area contributed by atoms with Crippen LogP contribution in [0.15, 0.2) is 30.5 Å². The first-order valence-electron chi connectivity index (χ1n) is 9.63. The number of carbonyl (C=O) groups excluding carboxylic acids is 1. The summed E-state index contributed by atoms with van der Waals surface area (Å²) >= 11 is 0. The van der Waals surface area contributed by atoms with Gasteiger partial charge in [0.05, 0.1) is 12.1 Å². The smallest absolute Gasteiger partial charge is 0.251 e. The Morgan fingerprint density at radius 3 is 2.67 bits per heavy atom. The summed E-state index contributed by atoms with van der Waals surface area (Å²) in [7, 11) is 0. The van der Waals surface area contributed by atoms with Crippen LogP contribution in [0.1, 0.15) is 55.1 Å². The van der Waals surface area contributed by atoms with Crippen LogP contribution in [0.4, 0.5) is 5.82 Å². The largest absolute Gasteiger partial charge is 0.394 e. The molecule has 0 aliphatic heterocycles. The maximum absolute atomic E-state index is 12.4. The number of carbonyl (C=O) groups is 1. The van der Waals surface area contributed by atoms with Crippen molar-refractivity contribution in [3.05, 3.63) is 47.2 Å². The van der Waals surface area contributed by atoms with Gasteiger partial charge in [0.15, 0.2) is 0 Å². The van der Waals surface area contributed by atoms with Gasteiger partial charge < -0.3 is 15.7 Å². The zero-order valence-corrected chi connectivity index (χ0v) is 16.6. The van der Waals surface area contributed by atoms with Gasteiger partial charge in [0, 0.05) is 23.4 Å². The standard InChI is InChI=1S/C22H29N3O2/c1-5-15-10-17(12-23-20(15)25-22(3,4)13-26)19-11-16(7-6-14(19)2)21(27)24-18-8-9-18/h6-7,10-12,18,26H,5,8-9,13H2,1-4H3,(H,23,25)(H,24,27). The molecular weight excluding hydrogens is 338 g/mol. The number of hydrogen-bond donors (Lipinski definition) is 3. The van der Waals surface area contributed by atoms with Crippen molar-refractivity contribution in [1.29, 1.82) is 0 Å². The zero-order valence-electron chi connectivity index (χ0n) is 16.6. The molecule has 0 atom stereocenters. The molecule has 1 heterocycles. The molecule has 3 N–H and O–H groups in total. The van der Waals surface area contributed by atoms with Gasteiger partial charge in [0.25, 0.3) is 5.91 Å². The van der Waals surface area contributed by atoms with Crippen LogP contribution < -0.4 is 10.6 Å². The Bertz CT molecular complexity index is 841. The predicted molar refractivity (Wildman–Crippen MR) is 109 cm³/mol. The molecule has 3 rings (SSSR count). The molecule has 1 fully saturated rings. The summed E-state index contributed by atoms with van der Waals surface area (Å²) in [5.41, 5.74) is 4.46. The van der Waals surface area contributed by atoms with Crippen molar-refractivity contribution < 1.29 is 9.90 Å². The number of aliphatic hydroxyl groups is 1. The molecule has 0 bridgehead atoms. The third-order valence-corrected chi connectivity index (χ3v) is 4.92. The van der Waals surface area contributed by atoms with E-state index < -0.39 is 5.54 Å². The van der Waals surface area contributed by atoms with Crippen molar-refractivity contribution >= 4 is 11.7 Å². The van der Waals surface area contributed by atoms with Gasteiger partial charge in [-0.15, -0.1) is 0 Å².